The van der Waals surface area contributed by atoms with Crippen molar-refractivity contribution in [2.24, 2.45) is 0 Å². The molecule has 0 aromatic heterocycles. The van der Waals surface area contributed by atoms with Crippen LogP contribution < -0.4 is 0 Å². The average Bonchev–Trinajstić information content (AvgIpc) is 2.24. The van der Waals surface area contributed by atoms with E-state index in [0.717, 1.165) is 5.70 Å². The van der Waals surface area contributed by atoms with E-state index in [4.69, 9.17) is 0 Å². The van der Waals surface area contributed by atoms with Crippen LogP contribution in [0.4, 0.5) is 0 Å². The molecular formula is C8H14N2OS2. The van der Waals surface area contributed by atoms with Crippen LogP contribution in [0.5, 0.6) is 0 Å². The second kappa shape index (κ2) is 3.94. The lowest BCUT2D eigenvalue weighted by Crippen LogP contribution is -2.39. The molecule has 0 aliphatic carbocycles. The Labute approximate surface area is 89.6 Å². The molecule has 1 aliphatic rings. The van der Waals surface area contributed by atoms with E-state index in [-0.39, 0.29) is 17.2 Å². The quantitative estimate of drug-likeness (QED) is 0.625. The average molecular weight is 218 g/mol. The lowest BCUT2D eigenvalue weighted by molar-refractivity contribution is -0.129. The predicted molar refractivity (Wildman–Crippen MR) is 60.1 cm³/mol. The molecule has 1 heterocycles. The summed E-state index contributed by atoms with van der Waals surface area (Å²) in [5.74, 6) is 0.0744. The maximum atomic E-state index is 11.7. The minimum Gasteiger partial charge on any atom is -0.316 e. The van der Waals surface area contributed by atoms with Crippen molar-refractivity contribution in [1.29, 1.82) is 0 Å². The third-order valence-electron chi connectivity index (χ3n) is 2.26. The van der Waals surface area contributed by atoms with Crippen LogP contribution in [0.25, 0.3) is 0 Å². The number of likely N-dealkylation sites (N-methyl/N-ethyl adjacent to an activating group) is 2. The van der Waals surface area contributed by atoms with Crippen LogP contribution in [0.15, 0.2) is 11.1 Å². The van der Waals surface area contributed by atoms with Gasteiger partial charge in [-0.3, -0.25) is 9.69 Å². The SMILES string of the molecule is CN1C(=O)C(N(C)C)C(S)C1=CS. The molecule has 1 saturated heterocycles. The minimum atomic E-state index is -0.174. The third kappa shape index (κ3) is 1.73. The highest BCUT2D eigenvalue weighted by Gasteiger charge is 2.41. The van der Waals surface area contributed by atoms with Crippen LogP contribution in [-0.4, -0.2) is 48.1 Å². The number of rotatable bonds is 1. The molecular weight excluding hydrogens is 204 g/mol. The summed E-state index contributed by atoms with van der Waals surface area (Å²) in [6, 6.07) is -0.174. The highest BCUT2D eigenvalue weighted by atomic mass is 32.1. The Bertz CT molecular complexity index is 253. The summed E-state index contributed by atoms with van der Waals surface area (Å²) in [7, 11) is 5.50. The number of hydrogen-bond acceptors (Lipinski definition) is 4. The highest BCUT2D eigenvalue weighted by Crippen LogP contribution is 2.29. The Hall–Kier alpha value is -0.130. The number of carbonyl (C=O) groups is 1. The summed E-state index contributed by atoms with van der Waals surface area (Å²) < 4.78 is 0. The maximum absolute atomic E-state index is 11.7. The smallest absolute Gasteiger partial charge is 0.245 e. The first-order valence-corrected chi connectivity index (χ1v) is 5.00. The van der Waals surface area contributed by atoms with Crippen molar-refractivity contribution in [3.05, 3.63) is 11.1 Å². The molecule has 3 nitrogen and oxygen atoms in total. The zero-order chi connectivity index (χ0) is 10.2. The Morgan fingerprint density at radius 2 is 2.08 bits per heavy atom. The van der Waals surface area contributed by atoms with Gasteiger partial charge in [0.05, 0.1) is 5.25 Å². The first-order chi connectivity index (χ1) is 6.00. The monoisotopic (exact) mass is 218 g/mol. The van der Waals surface area contributed by atoms with Crippen LogP contribution in [0, 0.1) is 0 Å². The largest absolute Gasteiger partial charge is 0.316 e. The molecule has 0 aromatic rings. The molecule has 0 N–H and O–H groups in total. The summed E-state index contributed by atoms with van der Waals surface area (Å²) in [4.78, 5) is 15.2. The molecule has 0 aromatic carbocycles. The molecule has 1 fully saturated rings. The Morgan fingerprint density at radius 3 is 2.31 bits per heavy atom. The van der Waals surface area contributed by atoms with Gasteiger partial charge in [0.15, 0.2) is 0 Å². The molecule has 0 bridgehead atoms. The van der Waals surface area contributed by atoms with Gasteiger partial charge in [0.2, 0.25) is 5.91 Å². The fourth-order valence-electron chi connectivity index (χ4n) is 1.49. The van der Waals surface area contributed by atoms with Crippen LogP contribution in [0.1, 0.15) is 0 Å². The van der Waals surface area contributed by atoms with Crippen molar-refractivity contribution in [3.8, 4) is 0 Å². The van der Waals surface area contributed by atoms with Gasteiger partial charge in [0, 0.05) is 12.7 Å². The molecule has 1 aliphatic heterocycles. The van der Waals surface area contributed by atoms with Crippen molar-refractivity contribution in [3.63, 3.8) is 0 Å². The van der Waals surface area contributed by atoms with Gasteiger partial charge in [-0.05, 0) is 19.5 Å². The van der Waals surface area contributed by atoms with Gasteiger partial charge in [-0.2, -0.15) is 12.6 Å². The highest BCUT2D eigenvalue weighted by molar-refractivity contribution is 7.83. The van der Waals surface area contributed by atoms with Crippen molar-refractivity contribution in [2.75, 3.05) is 21.1 Å². The molecule has 0 spiro atoms. The standard InChI is InChI=1S/C8H14N2OS2/c1-9(2)6-7(13)5(4-12)10(3)8(6)11/h4,6-7,12-13H,1-3H3. The number of thiol groups is 2. The van der Waals surface area contributed by atoms with E-state index in [2.05, 4.69) is 25.3 Å². The Balaban J connectivity index is 2.98. The van der Waals surface area contributed by atoms with E-state index in [1.807, 2.05) is 19.0 Å². The van der Waals surface area contributed by atoms with Gasteiger partial charge < -0.3 is 4.90 Å². The van der Waals surface area contributed by atoms with Crippen LogP contribution in [0.2, 0.25) is 0 Å². The van der Waals surface area contributed by atoms with Crippen LogP contribution in [0.3, 0.4) is 0 Å². The Kier molecular flexibility index (Phi) is 3.32. The zero-order valence-corrected chi connectivity index (χ0v) is 9.72. The lowest BCUT2D eigenvalue weighted by atomic mass is 10.2. The van der Waals surface area contributed by atoms with E-state index in [1.54, 1.807) is 17.4 Å². The predicted octanol–water partition coefficient (Wildman–Crippen LogP) is 0.458. The minimum absolute atomic E-state index is 0.0744. The van der Waals surface area contributed by atoms with E-state index >= 15 is 0 Å². The molecule has 0 radical (unpaired) electrons. The topological polar surface area (TPSA) is 23.6 Å². The van der Waals surface area contributed by atoms with Crippen molar-refractivity contribution < 1.29 is 4.79 Å². The van der Waals surface area contributed by atoms with Crippen molar-refractivity contribution >= 4 is 31.2 Å². The van der Waals surface area contributed by atoms with Gasteiger partial charge in [-0.15, -0.1) is 12.6 Å². The van der Waals surface area contributed by atoms with Gasteiger partial charge in [-0.25, -0.2) is 0 Å². The van der Waals surface area contributed by atoms with E-state index in [9.17, 15) is 4.79 Å². The number of hydrogen-bond donors (Lipinski definition) is 2. The zero-order valence-electron chi connectivity index (χ0n) is 7.93. The van der Waals surface area contributed by atoms with Gasteiger partial charge in [0.1, 0.15) is 6.04 Å². The van der Waals surface area contributed by atoms with Crippen molar-refractivity contribution in [2.45, 2.75) is 11.3 Å². The summed E-state index contributed by atoms with van der Waals surface area (Å²) in [6.45, 7) is 0. The molecule has 1 rings (SSSR count). The van der Waals surface area contributed by atoms with Crippen LogP contribution in [-0.2, 0) is 4.79 Å². The first kappa shape index (κ1) is 10.9. The number of amides is 1. The van der Waals surface area contributed by atoms with Gasteiger partial charge in [-0.1, -0.05) is 0 Å². The molecule has 2 atom stereocenters. The number of nitrogens with zero attached hydrogens (tertiary/aromatic N) is 2. The fraction of sp³-hybridized carbons (Fsp3) is 0.625. The molecule has 0 saturated carbocycles. The molecule has 13 heavy (non-hydrogen) atoms. The van der Waals surface area contributed by atoms with Crippen molar-refractivity contribution in [1.82, 2.24) is 9.80 Å². The molecule has 1 amide bonds. The van der Waals surface area contributed by atoms with E-state index < -0.39 is 0 Å². The maximum Gasteiger partial charge on any atom is 0.245 e. The van der Waals surface area contributed by atoms with Gasteiger partial charge >= 0.3 is 0 Å². The second-order valence-electron chi connectivity index (χ2n) is 3.30. The summed E-state index contributed by atoms with van der Waals surface area (Å²) in [5.41, 5.74) is 0.857. The number of likely N-dealkylation sites (tertiary alicyclic amines) is 1. The molecule has 5 heteroatoms. The molecule has 74 valence electrons. The summed E-state index contributed by atoms with van der Waals surface area (Å²) >= 11 is 8.46. The first-order valence-electron chi connectivity index (χ1n) is 3.97. The summed E-state index contributed by atoms with van der Waals surface area (Å²) in [5, 5.41) is 1.56. The second-order valence-corrected chi connectivity index (χ2v) is 4.12. The van der Waals surface area contributed by atoms with E-state index in [1.165, 1.54) is 0 Å². The summed E-state index contributed by atoms with van der Waals surface area (Å²) in [6.07, 6.45) is 0. The fourth-order valence-corrected chi connectivity index (χ4v) is 2.58. The Morgan fingerprint density at radius 1 is 1.54 bits per heavy atom. The normalized spacial score (nSPS) is 32.3. The lowest BCUT2D eigenvalue weighted by Gasteiger charge is -2.19. The number of carbonyl (C=O) groups excluding carboxylic acids is 1. The van der Waals surface area contributed by atoms with Crippen LogP contribution >= 0.6 is 25.3 Å². The molecule has 2 unspecified atom stereocenters. The van der Waals surface area contributed by atoms with E-state index in [0.29, 0.717) is 0 Å². The van der Waals surface area contributed by atoms with Gasteiger partial charge in [0.25, 0.3) is 0 Å². The third-order valence-corrected chi connectivity index (χ3v) is 3.07.